The number of carbonyl (C=O) groups excluding carboxylic acids is 1. The van der Waals surface area contributed by atoms with Gasteiger partial charge in [0.05, 0.1) is 6.54 Å². The van der Waals surface area contributed by atoms with Gasteiger partial charge in [-0.15, -0.1) is 0 Å². The van der Waals surface area contributed by atoms with Crippen LogP contribution in [0.2, 0.25) is 0 Å². The average molecular weight is 148 g/mol. The fraction of sp³-hybridized carbons (Fsp3) is 0.600. The first-order valence-corrected chi connectivity index (χ1v) is 2.82. The number of hydrogen-bond donors (Lipinski definition) is 1. The van der Waals surface area contributed by atoms with Gasteiger partial charge < -0.3 is 5.32 Å². The number of rotatable bonds is 1. The van der Waals surface area contributed by atoms with E-state index in [0.29, 0.717) is 6.54 Å². The van der Waals surface area contributed by atoms with E-state index in [2.05, 4.69) is 10.3 Å². The Kier molecular flexibility index (Phi) is 1.94. The molecule has 1 aliphatic rings. The Morgan fingerprint density at radius 3 is 2.70 bits per heavy atom. The predicted molar refractivity (Wildman–Crippen MR) is 31.3 cm³/mol. The molecule has 0 aromatic rings. The first-order valence-electron chi connectivity index (χ1n) is 2.82. The van der Waals surface area contributed by atoms with E-state index in [0.717, 1.165) is 0 Å². The number of halogens is 2. The topological polar surface area (TPSA) is 41.5 Å². The standard InChI is InChI=1S/C5H6F2N2O/c6-4(7)3-5(10)9-2-1-8-3/h4H,1-2H2,(H,9,10). The highest BCUT2D eigenvalue weighted by Crippen LogP contribution is 1.99. The summed E-state index contributed by atoms with van der Waals surface area (Å²) >= 11 is 0. The second-order valence-electron chi connectivity index (χ2n) is 1.82. The number of hydrogen-bond acceptors (Lipinski definition) is 2. The van der Waals surface area contributed by atoms with Crippen LogP contribution in [0.1, 0.15) is 0 Å². The summed E-state index contributed by atoms with van der Waals surface area (Å²) in [6.07, 6.45) is -2.75. The van der Waals surface area contributed by atoms with Gasteiger partial charge in [0.25, 0.3) is 12.3 Å². The Morgan fingerprint density at radius 1 is 1.60 bits per heavy atom. The van der Waals surface area contributed by atoms with Crippen molar-refractivity contribution in [1.29, 1.82) is 0 Å². The lowest BCUT2D eigenvalue weighted by Crippen LogP contribution is -2.40. The van der Waals surface area contributed by atoms with Crippen LogP contribution in [0.3, 0.4) is 0 Å². The lowest BCUT2D eigenvalue weighted by Gasteiger charge is -2.10. The summed E-state index contributed by atoms with van der Waals surface area (Å²) in [6.45, 7) is 0.612. The van der Waals surface area contributed by atoms with Crippen LogP contribution in [0.15, 0.2) is 4.99 Å². The number of aliphatic imine (C=N–C) groups is 1. The summed E-state index contributed by atoms with van der Waals surface area (Å²) in [5.74, 6) is -0.749. The highest BCUT2D eigenvalue weighted by molar-refractivity contribution is 6.40. The van der Waals surface area contributed by atoms with Gasteiger partial charge in [-0.25, -0.2) is 8.78 Å². The van der Waals surface area contributed by atoms with Crippen molar-refractivity contribution in [1.82, 2.24) is 5.32 Å². The molecular weight excluding hydrogens is 142 g/mol. The van der Waals surface area contributed by atoms with Crippen LogP contribution in [0, 0.1) is 0 Å². The van der Waals surface area contributed by atoms with Gasteiger partial charge in [0, 0.05) is 6.54 Å². The van der Waals surface area contributed by atoms with Crippen LogP contribution in [0.25, 0.3) is 0 Å². The molecule has 0 aromatic heterocycles. The van der Waals surface area contributed by atoms with Gasteiger partial charge in [-0.2, -0.15) is 0 Å². The molecule has 10 heavy (non-hydrogen) atoms. The third-order valence-corrected chi connectivity index (χ3v) is 1.12. The molecule has 0 saturated carbocycles. The van der Waals surface area contributed by atoms with Crippen molar-refractivity contribution < 1.29 is 13.6 Å². The largest absolute Gasteiger partial charge is 0.349 e. The third kappa shape index (κ3) is 1.29. The molecule has 0 radical (unpaired) electrons. The Balaban J connectivity index is 2.71. The maximum atomic E-state index is 11.8. The second kappa shape index (κ2) is 2.72. The molecule has 1 rings (SSSR count). The van der Waals surface area contributed by atoms with Crippen LogP contribution in [0.4, 0.5) is 8.78 Å². The maximum absolute atomic E-state index is 11.8. The zero-order chi connectivity index (χ0) is 7.56. The van der Waals surface area contributed by atoms with Gasteiger partial charge in [-0.05, 0) is 0 Å². The first kappa shape index (κ1) is 7.11. The van der Waals surface area contributed by atoms with E-state index in [1.54, 1.807) is 0 Å². The third-order valence-electron chi connectivity index (χ3n) is 1.12. The maximum Gasteiger partial charge on any atom is 0.285 e. The number of nitrogens with one attached hydrogen (secondary N) is 1. The van der Waals surface area contributed by atoms with Crippen molar-refractivity contribution in [3.63, 3.8) is 0 Å². The molecule has 1 aliphatic heterocycles. The van der Waals surface area contributed by atoms with Crippen LogP contribution in [-0.2, 0) is 4.79 Å². The zero-order valence-electron chi connectivity index (χ0n) is 5.10. The molecular formula is C5H6F2N2O. The van der Waals surface area contributed by atoms with E-state index >= 15 is 0 Å². The minimum absolute atomic E-state index is 0.255. The van der Waals surface area contributed by atoms with E-state index in [4.69, 9.17) is 0 Å². The van der Waals surface area contributed by atoms with Crippen molar-refractivity contribution >= 4 is 11.6 Å². The van der Waals surface area contributed by atoms with Gasteiger partial charge in [0.15, 0.2) is 5.71 Å². The van der Waals surface area contributed by atoms with Crippen molar-refractivity contribution in [2.24, 2.45) is 4.99 Å². The number of nitrogens with zero attached hydrogens (tertiary/aromatic N) is 1. The van der Waals surface area contributed by atoms with Gasteiger partial charge in [0.1, 0.15) is 0 Å². The molecule has 0 aliphatic carbocycles. The van der Waals surface area contributed by atoms with Crippen molar-refractivity contribution in [2.45, 2.75) is 6.43 Å². The molecule has 0 atom stereocenters. The second-order valence-corrected chi connectivity index (χ2v) is 1.82. The van der Waals surface area contributed by atoms with E-state index in [-0.39, 0.29) is 6.54 Å². The first-order chi connectivity index (χ1) is 4.72. The van der Waals surface area contributed by atoms with Gasteiger partial charge in [-0.3, -0.25) is 9.79 Å². The van der Waals surface area contributed by atoms with E-state index < -0.39 is 18.0 Å². The number of alkyl halides is 2. The highest BCUT2D eigenvalue weighted by Gasteiger charge is 2.23. The lowest BCUT2D eigenvalue weighted by molar-refractivity contribution is -0.115. The van der Waals surface area contributed by atoms with Gasteiger partial charge >= 0.3 is 0 Å². The zero-order valence-corrected chi connectivity index (χ0v) is 5.10. The Morgan fingerprint density at radius 2 is 2.30 bits per heavy atom. The summed E-state index contributed by atoms with van der Waals surface area (Å²) in [5.41, 5.74) is -0.647. The molecule has 0 aromatic carbocycles. The normalized spacial score (nSPS) is 18.7. The molecule has 1 N–H and O–H groups in total. The molecule has 0 bridgehead atoms. The van der Waals surface area contributed by atoms with E-state index in [1.165, 1.54) is 0 Å². The lowest BCUT2D eigenvalue weighted by atomic mass is 10.3. The molecule has 0 fully saturated rings. The van der Waals surface area contributed by atoms with Crippen molar-refractivity contribution in [3.05, 3.63) is 0 Å². The molecule has 3 nitrogen and oxygen atoms in total. The molecule has 0 unspecified atom stereocenters. The smallest absolute Gasteiger partial charge is 0.285 e. The molecule has 5 heteroatoms. The summed E-state index contributed by atoms with van der Waals surface area (Å²) in [4.78, 5) is 13.9. The van der Waals surface area contributed by atoms with Gasteiger partial charge in [0.2, 0.25) is 0 Å². The van der Waals surface area contributed by atoms with E-state index in [9.17, 15) is 13.6 Å². The Labute approximate surface area is 56.1 Å². The van der Waals surface area contributed by atoms with Crippen LogP contribution in [-0.4, -0.2) is 31.1 Å². The minimum Gasteiger partial charge on any atom is -0.349 e. The summed E-state index contributed by atoms with van der Waals surface area (Å²) < 4.78 is 23.6. The summed E-state index contributed by atoms with van der Waals surface area (Å²) in [7, 11) is 0. The van der Waals surface area contributed by atoms with Gasteiger partial charge in [-0.1, -0.05) is 0 Å². The minimum atomic E-state index is -2.75. The molecule has 0 saturated heterocycles. The van der Waals surface area contributed by atoms with Crippen LogP contribution < -0.4 is 5.32 Å². The highest BCUT2D eigenvalue weighted by atomic mass is 19.3. The average Bonchev–Trinajstić information content (AvgIpc) is 1.88. The molecule has 56 valence electrons. The summed E-state index contributed by atoms with van der Waals surface area (Å²) in [6, 6.07) is 0. The number of amides is 1. The van der Waals surface area contributed by atoms with Crippen LogP contribution in [0.5, 0.6) is 0 Å². The van der Waals surface area contributed by atoms with Crippen molar-refractivity contribution in [3.8, 4) is 0 Å². The monoisotopic (exact) mass is 148 g/mol. The predicted octanol–water partition coefficient (Wildman–Crippen LogP) is -0.178. The quantitative estimate of drug-likeness (QED) is 0.550. The van der Waals surface area contributed by atoms with Crippen LogP contribution >= 0.6 is 0 Å². The molecule has 0 spiro atoms. The Bertz CT molecular complexity index is 178. The summed E-state index contributed by atoms with van der Waals surface area (Å²) in [5, 5.41) is 2.26. The SMILES string of the molecule is O=C1NCCN=C1C(F)F. The Hall–Kier alpha value is -1.00. The molecule has 1 amide bonds. The van der Waals surface area contributed by atoms with E-state index in [1.807, 2.05) is 0 Å². The van der Waals surface area contributed by atoms with Crippen molar-refractivity contribution in [2.75, 3.05) is 13.1 Å². The fourth-order valence-electron chi connectivity index (χ4n) is 0.676. The fourth-order valence-corrected chi connectivity index (χ4v) is 0.676. The molecule has 1 heterocycles. The number of carbonyl (C=O) groups is 1.